The summed E-state index contributed by atoms with van der Waals surface area (Å²) in [5.74, 6) is 0.839. The molecule has 2 N–H and O–H groups in total. The van der Waals surface area contributed by atoms with E-state index in [1.54, 1.807) is 6.20 Å². The van der Waals surface area contributed by atoms with E-state index in [9.17, 15) is 5.11 Å². The average Bonchev–Trinajstić information content (AvgIpc) is 2.99. The number of anilines is 1. The molecule has 0 aliphatic carbocycles. The van der Waals surface area contributed by atoms with Crippen molar-refractivity contribution in [3.8, 4) is 0 Å². The molecule has 2 heterocycles. The monoisotopic (exact) mass is 272 g/mol. The second-order valence-corrected chi connectivity index (χ2v) is 5.18. The van der Waals surface area contributed by atoms with Crippen molar-refractivity contribution >= 4 is 16.9 Å². The van der Waals surface area contributed by atoms with Crippen molar-refractivity contribution in [3.63, 3.8) is 0 Å². The van der Waals surface area contributed by atoms with Crippen LogP contribution in [0.1, 0.15) is 12.8 Å². The molecule has 0 spiro atoms. The summed E-state index contributed by atoms with van der Waals surface area (Å²) in [6.07, 6.45) is 4.21. The summed E-state index contributed by atoms with van der Waals surface area (Å²) in [7, 11) is 0. The van der Waals surface area contributed by atoms with Crippen LogP contribution in [0.25, 0.3) is 11.0 Å². The van der Waals surface area contributed by atoms with Gasteiger partial charge in [0.25, 0.3) is 0 Å². The molecule has 1 aliphatic heterocycles. The van der Waals surface area contributed by atoms with Gasteiger partial charge in [-0.25, -0.2) is 4.98 Å². The number of aliphatic hydroxyl groups is 1. The maximum atomic E-state index is 9.27. The summed E-state index contributed by atoms with van der Waals surface area (Å²) >= 11 is 0. The van der Waals surface area contributed by atoms with Gasteiger partial charge in [0.2, 0.25) is 0 Å². The second kappa shape index (κ2) is 6.15. The minimum absolute atomic E-state index is 0.126. The molecular formula is C15H20N4O. The molecule has 0 bridgehead atoms. The van der Waals surface area contributed by atoms with Crippen LogP contribution in [0.5, 0.6) is 0 Å². The first-order valence-corrected chi connectivity index (χ1v) is 7.18. The number of aromatic nitrogens is 2. The van der Waals surface area contributed by atoms with Crippen molar-refractivity contribution in [1.29, 1.82) is 0 Å². The molecule has 1 atom stereocenters. The Bertz CT molecular complexity index is 569. The Morgan fingerprint density at radius 1 is 1.30 bits per heavy atom. The van der Waals surface area contributed by atoms with E-state index < -0.39 is 0 Å². The molecule has 3 rings (SSSR count). The van der Waals surface area contributed by atoms with Crippen LogP contribution in [-0.2, 0) is 0 Å². The van der Waals surface area contributed by atoms with Crippen LogP contribution in [0, 0.1) is 0 Å². The van der Waals surface area contributed by atoms with Crippen molar-refractivity contribution in [3.05, 3.63) is 30.5 Å². The number of hydrogen-bond donors (Lipinski definition) is 2. The molecule has 1 aromatic carbocycles. The van der Waals surface area contributed by atoms with E-state index in [2.05, 4.69) is 20.2 Å². The quantitative estimate of drug-likeness (QED) is 0.856. The molecule has 20 heavy (non-hydrogen) atoms. The normalized spacial score (nSPS) is 18.6. The molecule has 106 valence electrons. The summed E-state index contributed by atoms with van der Waals surface area (Å²) in [5.41, 5.74) is 1.80. The third kappa shape index (κ3) is 2.89. The number of rotatable bonds is 5. The van der Waals surface area contributed by atoms with E-state index in [1.807, 2.05) is 24.3 Å². The van der Waals surface area contributed by atoms with E-state index >= 15 is 0 Å². The number of benzene rings is 1. The van der Waals surface area contributed by atoms with Crippen LogP contribution < -0.4 is 10.2 Å². The van der Waals surface area contributed by atoms with Crippen LogP contribution >= 0.6 is 0 Å². The van der Waals surface area contributed by atoms with Gasteiger partial charge < -0.3 is 15.3 Å². The zero-order valence-electron chi connectivity index (χ0n) is 11.5. The minimum Gasteiger partial charge on any atom is -0.395 e. The van der Waals surface area contributed by atoms with Crippen LogP contribution in [0.15, 0.2) is 30.5 Å². The molecule has 5 heteroatoms. The molecule has 1 aliphatic rings. The molecular weight excluding hydrogens is 252 g/mol. The van der Waals surface area contributed by atoms with Crippen molar-refractivity contribution in [2.75, 3.05) is 31.1 Å². The minimum atomic E-state index is 0.126. The average molecular weight is 272 g/mol. The first-order chi connectivity index (χ1) is 9.86. The molecule has 5 nitrogen and oxygen atoms in total. The molecule has 1 aromatic heterocycles. The van der Waals surface area contributed by atoms with Crippen LogP contribution in [-0.4, -0.2) is 47.4 Å². The largest absolute Gasteiger partial charge is 0.395 e. The second-order valence-electron chi connectivity index (χ2n) is 5.18. The van der Waals surface area contributed by atoms with Gasteiger partial charge in [0.15, 0.2) is 0 Å². The standard InChI is InChI=1S/C15H20N4O/c20-9-8-19(11-12-4-3-7-16-12)15-10-17-13-5-1-2-6-14(13)18-15/h1-2,5-6,10,12,16,20H,3-4,7-9,11H2. The lowest BCUT2D eigenvalue weighted by Crippen LogP contribution is -2.39. The lowest BCUT2D eigenvalue weighted by Gasteiger charge is -2.26. The maximum absolute atomic E-state index is 9.27. The molecule has 0 radical (unpaired) electrons. The molecule has 1 saturated heterocycles. The van der Waals surface area contributed by atoms with E-state index in [0.717, 1.165) is 29.9 Å². The molecule has 0 amide bonds. The van der Waals surface area contributed by atoms with Gasteiger partial charge in [-0.05, 0) is 31.5 Å². The van der Waals surface area contributed by atoms with E-state index in [1.165, 1.54) is 12.8 Å². The third-order valence-electron chi connectivity index (χ3n) is 3.73. The molecule has 1 unspecified atom stereocenters. The smallest absolute Gasteiger partial charge is 0.147 e. The first kappa shape index (κ1) is 13.3. The summed E-state index contributed by atoms with van der Waals surface area (Å²) < 4.78 is 0. The Morgan fingerprint density at radius 3 is 2.90 bits per heavy atom. The molecule has 1 fully saturated rings. The molecule has 0 saturated carbocycles. The van der Waals surface area contributed by atoms with Gasteiger partial charge in [-0.2, -0.15) is 0 Å². The van der Waals surface area contributed by atoms with Gasteiger partial charge in [-0.3, -0.25) is 4.98 Å². The first-order valence-electron chi connectivity index (χ1n) is 7.18. The van der Waals surface area contributed by atoms with Crippen molar-refractivity contribution < 1.29 is 5.11 Å². The highest BCUT2D eigenvalue weighted by atomic mass is 16.3. The van der Waals surface area contributed by atoms with E-state index in [4.69, 9.17) is 0 Å². The van der Waals surface area contributed by atoms with Gasteiger partial charge >= 0.3 is 0 Å². The lowest BCUT2D eigenvalue weighted by atomic mass is 10.2. The van der Waals surface area contributed by atoms with Crippen molar-refractivity contribution in [2.45, 2.75) is 18.9 Å². The number of nitrogens with one attached hydrogen (secondary N) is 1. The Morgan fingerprint density at radius 2 is 2.15 bits per heavy atom. The molecule has 2 aromatic rings. The number of para-hydroxylation sites is 2. The zero-order chi connectivity index (χ0) is 13.8. The van der Waals surface area contributed by atoms with Gasteiger partial charge in [-0.15, -0.1) is 0 Å². The number of hydrogen-bond acceptors (Lipinski definition) is 5. The highest BCUT2D eigenvalue weighted by Gasteiger charge is 2.19. The van der Waals surface area contributed by atoms with Crippen LogP contribution in [0.3, 0.4) is 0 Å². The summed E-state index contributed by atoms with van der Waals surface area (Å²) in [4.78, 5) is 11.2. The van der Waals surface area contributed by atoms with Gasteiger partial charge in [0.1, 0.15) is 5.82 Å². The highest BCUT2D eigenvalue weighted by molar-refractivity contribution is 5.75. The topological polar surface area (TPSA) is 61.3 Å². The predicted molar refractivity (Wildman–Crippen MR) is 79.9 cm³/mol. The fourth-order valence-corrected chi connectivity index (χ4v) is 2.70. The van der Waals surface area contributed by atoms with E-state index in [-0.39, 0.29) is 6.61 Å². The SMILES string of the molecule is OCCN(CC1CCCN1)c1cnc2ccccc2n1. The van der Waals surface area contributed by atoms with E-state index in [0.29, 0.717) is 12.6 Å². The number of aliphatic hydroxyl groups excluding tert-OH is 1. The lowest BCUT2D eigenvalue weighted by molar-refractivity contribution is 0.300. The van der Waals surface area contributed by atoms with Gasteiger partial charge in [-0.1, -0.05) is 12.1 Å². The summed E-state index contributed by atoms with van der Waals surface area (Å²) in [6, 6.07) is 8.34. The Labute approximate surface area is 118 Å². The van der Waals surface area contributed by atoms with Gasteiger partial charge in [0, 0.05) is 19.1 Å². The highest BCUT2D eigenvalue weighted by Crippen LogP contribution is 2.17. The maximum Gasteiger partial charge on any atom is 0.147 e. The Kier molecular flexibility index (Phi) is 4.08. The van der Waals surface area contributed by atoms with Gasteiger partial charge in [0.05, 0.1) is 23.8 Å². The van der Waals surface area contributed by atoms with Crippen molar-refractivity contribution in [1.82, 2.24) is 15.3 Å². The van der Waals surface area contributed by atoms with Crippen molar-refractivity contribution in [2.24, 2.45) is 0 Å². The van der Waals surface area contributed by atoms with Crippen LogP contribution in [0.4, 0.5) is 5.82 Å². The Balaban J connectivity index is 1.83. The zero-order valence-corrected chi connectivity index (χ0v) is 11.5. The number of nitrogens with zero attached hydrogens (tertiary/aromatic N) is 3. The predicted octanol–water partition coefficient (Wildman–Crippen LogP) is 1.18. The Hall–Kier alpha value is -1.72. The summed E-state index contributed by atoms with van der Waals surface area (Å²) in [6.45, 7) is 2.67. The number of fused-ring (bicyclic) bond motifs is 1. The fraction of sp³-hybridized carbons (Fsp3) is 0.467. The summed E-state index contributed by atoms with van der Waals surface area (Å²) in [5, 5.41) is 12.8. The fourth-order valence-electron chi connectivity index (χ4n) is 2.70. The third-order valence-corrected chi connectivity index (χ3v) is 3.73. The van der Waals surface area contributed by atoms with Crippen LogP contribution in [0.2, 0.25) is 0 Å².